The second-order valence-corrected chi connectivity index (χ2v) is 8.15. The van der Waals surface area contributed by atoms with Gasteiger partial charge in [-0.2, -0.15) is 18.3 Å². The van der Waals surface area contributed by atoms with E-state index in [0.29, 0.717) is 5.69 Å². The number of aryl methyl sites for hydroxylation is 3. The van der Waals surface area contributed by atoms with Crippen LogP contribution < -0.4 is 0 Å². The molecule has 0 fully saturated rings. The van der Waals surface area contributed by atoms with Crippen molar-refractivity contribution in [3.8, 4) is 11.4 Å². The van der Waals surface area contributed by atoms with E-state index >= 15 is 0 Å². The maximum atomic E-state index is 12.7. The van der Waals surface area contributed by atoms with Gasteiger partial charge in [0.2, 0.25) is 0 Å². The Balaban J connectivity index is 1.58. The number of H-pyrrole nitrogens is 1. The molecule has 3 aromatic rings. The zero-order valence-corrected chi connectivity index (χ0v) is 16.7. The molecule has 0 aliphatic heterocycles. The fourth-order valence-corrected chi connectivity index (χ4v) is 4.11. The van der Waals surface area contributed by atoms with Gasteiger partial charge in [0.25, 0.3) is 0 Å². The lowest BCUT2D eigenvalue weighted by Gasteiger charge is -2.02. The van der Waals surface area contributed by atoms with Crippen LogP contribution in [0.3, 0.4) is 0 Å². The first-order chi connectivity index (χ1) is 13.5. The molecular weight excluding hydrogens is 383 g/mol. The normalized spacial score (nSPS) is 11.9. The highest BCUT2D eigenvalue weighted by Gasteiger charge is 2.33. The number of nitrogens with one attached hydrogen (secondary N) is 1. The second-order valence-electron chi connectivity index (χ2n) is 6.89. The summed E-state index contributed by atoms with van der Waals surface area (Å²) in [7, 11) is 0. The molecule has 7 heteroatoms. The third-order valence-corrected chi connectivity index (χ3v) is 5.83. The Morgan fingerprint density at radius 2 is 1.71 bits per heavy atom. The molecule has 0 saturated heterocycles. The van der Waals surface area contributed by atoms with Gasteiger partial charge in [-0.05, 0) is 61.6 Å². The van der Waals surface area contributed by atoms with E-state index in [2.05, 4.69) is 29.1 Å². The molecule has 3 rings (SSSR count). The van der Waals surface area contributed by atoms with Crippen LogP contribution in [0.15, 0.2) is 36.5 Å². The molecule has 28 heavy (non-hydrogen) atoms. The SMILES string of the molecule is CCCCCCc1ccc(CCc2ccnc(-c3cc(C(F)(F)F)[nH]n3)c2)s1. The topological polar surface area (TPSA) is 41.6 Å². The Morgan fingerprint density at radius 1 is 0.929 bits per heavy atom. The average Bonchev–Trinajstić information content (AvgIpc) is 3.33. The summed E-state index contributed by atoms with van der Waals surface area (Å²) in [6.07, 6.45) is 5.14. The molecule has 0 amide bonds. The molecule has 0 bridgehead atoms. The molecule has 0 aliphatic carbocycles. The lowest BCUT2D eigenvalue weighted by atomic mass is 10.1. The van der Waals surface area contributed by atoms with Crippen LogP contribution in [0.4, 0.5) is 13.2 Å². The van der Waals surface area contributed by atoms with Gasteiger partial charge >= 0.3 is 6.18 Å². The van der Waals surface area contributed by atoms with Crippen LogP contribution in [0.1, 0.15) is 53.6 Å². The Morgan fingerprint density at radius 3 is 2.43 bits per heavy atom. The highest BCUT2D eigenvalue weighted by atomic mass is 32.1. The zero-order valence-electron chi connectivity index (χ0n) is 15.9. The summed E-state index contributed by atoms with van der Waals surface area (Å²) in [5.74, 6) is 0. The summed E-state index contributed by atoms with van der Waals surface area (Å²) < 4.78 is 38.2. The van der Waals surface area contributed by atoms with Crippen molar-refractivity contribution in [2.75, 3.05) is 0 Å². The number of aromatic amines is 1. The van der Waals surface area contributed by atoms with Gasteiger partial charge in [0.05, 0.1) is 5.69 Å². The van der Waals surface area contributed by atoms with E-state index < -0.39 is 11.9 Å². The molecule has 150 valence electrons. The van der Waals surface area contributed by atoms with Crippen LogP contribution >= 0.6 is 11.3 Å². The summed E-state index contributed by atoms with van der Waals surface area (Å²) >= 11 is 1.86. The van der Waals surface area contributed by atoms with Crippen LogP contribution in [-0.2, 0) is 25.4 Å². The largest absolute Gasteiger partial charge is 0.432 e. The second kappa shape index (κ2) is 9.37. The third kappa shape index (κ3) is 5.67. The molecule has 0 aromatic carbocycles. The molecule has 3 heterocycles. The van der Waals surface area contributed by atoms with Gasteiger partial charge in [-0.1, -0.05) is 26.2 Å². The number of pyridine rings is 1. The third-order valence-electron chi connectivity index (χ3n) is 4.62. The first kappa shape index (κ1) is 20.6. The van der Waals surface area contributed by atoms with Crippen molar-refractivity contribution >= 4 is 11.3 Å². The van der Waals surface area contributed by atoms with Gasteiger partial charge in [0, 0.05) is 16.0 Å². The number of nitrogens with zero attached hydrogens (tertiary/aromatic N) is 2. The molecule has 0 spiro atoms. The number of hydrogen-bond acceptors (Lipinski definition) is 3. The number of alkyl halides is 3. The van der Waals surface area contributed by atoms with E-state index in [1.807, 2.05) is 28.6 Å². The van der Waals surface area contributed by atoms with Gasteiger partial charge < -0.3 is 0 Å². The standard InChI is InChI=1S/C21H24F3N3S/c1-2-3-4-5-6-16-9-10-17(28-16)8-7-15-11-12-25-18(13-15)19-14-20(27-26-19)21(22,23)24/h9-14H,2-8H2,1H3,(H,26,27). The van der Waals surface area contributed by atoms with Crippen LogP contribution in [-0.4, -0.2) is 15.2 Å². The smallest absolute Gasteiger partial charge is 0.273 e. The summed E-state index contributed by atoms with van der Waals surface area (Å²) in [6.45, 7) is 2.22. The summed E-state index contributed by atoms with van der Waals surface area (Å²) in [5.41, 5.74) is 0.839. The Hall–Kier alpha value is -2.15. The van der Waals surface area contributed by atoms with Crippen LogP contribution in [0.25, 0.3) is 11.4 Å². The summed E-state index contributed by atoms with van der Waals surface area (Å²) in [6, 6.07) is 9.11. The van der Waals surface area contributed by atoms with Crippen molar-refractivity contribution in [2.24, 2.45) is 0 Å². The first-order valence-corrected chi connectivity index (χ1v) is 10.4. The molecular formula is C21H24F3N3S. The fourth-order valence-electron chi connectivity index (χ4n) is 3.05. The highest BCUT2D eigenvalue weighted by molar-refractivity contribution is 7.11. The molecule has 0 aliphatic rings. The Kier molecular flexibility index (Phi) is 6.88. The van der Waals surface area contributed by atoms with Crippen LogP contribution in [0.2, 0.25) is 0 Å². The van der Waals surface area contributed by atoms with E-state index in [4.69, 9.17) is 0 Å². The van der Waals surface area contributed by atoms with Gasteiger partial charge in [0.15, 0.2) is 0 Å². The Bertz CT molecular complexity index is 883. The van der Waals surface area contributed by atoms with Crippen molar-refractivity contribution in [3.63, 3.8) is 0 Å². The minimum absolute atomic E-state index is 0.208. The fraction of sp³-hybridized carbons (Fsp3) is 0.429. The van der Waals surface area contributed by atoms with Crippen molar-refractivity contribution in [2.45, 2.75) is 58.0 Å². The lowest BCUT2D eigenvalue weighted by Crippen LogP contribution is -2.04. The van der Waals surface area contributed by atoms with E-state index in [1.54, 1.807) is 6.20 Å². The minimum atomic E-state index is -4.43. The molecule has 0 unspecified atom stereocenters. The van der Waals surface area contributed by atoms with Crippen molar-refractivity contribution in [1.82, 2.24) is 15.2 Å². The highest BCUT2D eigenvalue weighted by Crippen LogP contribution is 2.30. The number of aromatic nitrogens is 3. The van der Waals surface area contributed by atoms with Crippen LogP contribution in [0.5, 0.6) is 0 Å². The quantitative estimate of drug-likeness (QED) is 0.414. The zero-order chi connectivity index (χ0) is 20.0. The van der Waals surface area contributed by atoms with Crippen molar-refractivity contribution in [1.29, 1.82) is 0 Å². The molecule has 3 nitrogen and oxygen atoms in total. The number of thiophene rings is 1. The van der Waals surface area contributed by atoms with Crippen LogP contribution in [0, 0.1) is 0 Å². The maximum absolute atomic E-state index is 12.7. The monoisotopic (exact) mass is 407 g/mol. The Labute approximate surface area is 167 Å². The van der Waals surface area contributed by atoms with Gasteiger partial charge in [-0.15, -0.1) is 11.3 Å². The van der Waals surface area contributed by atoms with E-state index in [1.165, 1.54) is 35.4 Å². The number of unbranched alkanes of at least 4 members (excludes halogenated alkanes) is 3. The number of rotatable bonds is 9. The molecule has 0 saturated carbocycles. The lowest BCUT2D eigenvalue weighted by molar-refractivity contribution is -0.141. The summed E-state index contributed by atoms with van der Waals surface area (Å²) in [4.78, 5) is 6.93. The number of halogens is 3. The minimum Gasteiger partial charge on any atom is -0.273 e. The van der Waals surface area contributed by atoms with Crippen molar-refractivity contribution < 1.29 is 13.2 Å². The van der Waals surface area contributed by atoms with E-state index in [0.717, 1.165) is 30.9 Å². The van der Waals surface area contributed by atoms with Gasteiger partial charge in [-0.25, -0.2) is 0 Å². The predicted molar refractivity (Wildman–Crippen MR) is 106 cm³/mol. The molecule has 0 atom stereocenters. The van der Waals surface area contributed by atoms with Crippen molar-refractivity contribution in [3.05, 3.63) is 57.5 Å². The number of hydrogen-bond donors (Lipinski definition) is 1. The molecule has 0 radical (unpaired) electrons. The average molecular weight is 408 g/mol. The summed E-state index contributed by atoms with van der Waals surface area (Å²) in [5, 5.41) is 5.79. The van der Waals surface area contributed by atoms with Gasteiger partial charge in [-0.3, -0.25) is 10.1 Å². The molecule has 3 aromatic heterocycles. The van der Waals surface area contributed by atoms with Gasteiger partial charge in [0.1, 0.15) is 11.4 Å². The van der Waals surface area contributed by atoms with E-state index in [-0.39, 0.29) is 5.69 Å². The van der Waals surface area contributed by atoms with E-state index in [9.17, 15) is 13.2 Å². The maximum Gasteiger partial charge on any atom is 0.432 e. The first-order valence-electron chi connectivity index (χ1n) is 9.61. The molecule has 1 N–H and O–H groups in total. The predicted octanol–water partition coefficient (Wildman–Crippen LogP) is 6.46.